The second kappa shape index (κ2) is 7.30. The molecule has 134 valence electrons. The molecule has 0 fully saturated rings. The smallest absolute Gasteiger partial charge is 0.343 e. The highest BCUT2D eigenvalue weighted by Crippen LogP contribution is 2.23. The molecule has 0 atom stereocenters. The fourth-order valence-corrected chi connectivity index (χ4v) is 3.12. The Hall–Kier alpha value is -2.66. The van der Waals surface area contributed by atoms with E-state index in [-0.39, 0.29) is 5.56 Å². The average Bonchev–Trinajstić information content (AvgIpc) is 2.64. The number of carbonyl (C=O) groups excluding carboxylic acids is 1. The van der Waals surface area contributed by atoms with Crippen LogP contribution < -0.4 is 10.3 Å². The lowest BCUT2D eigenvalue weighted by Gasteiger charge is -2.10. The minimum atomic E-state index is -0.482. The molecule has 0 aliphatic carbocycles. The van der Waals surface area contributed by atoms with Crippen molar-refractivity contribution in [2.75, 3.05) is 0 Å². The Kier molecular flexibility index (Phi) is 5.09. The minimum Gasteiger partial charge on any atom is -0.423 e. The molecule has 0 saturated heterocycles. The number of ether oxygens (including phenoxy) is 1. The minimum absolute atomic E-state index is 0.122. The summed E-state index contributed by atoms with van der Waals surface area (Å²) >= 11 is 6.09. The fourth-order valence-electron chi connectivity index (χ4n) is 2.87. The van der Waals surface area contributed by atoms with E-state index < -0.39 is 5.97 Å². The Morgan fingerprint density at radius 1 is 1.19 bits per heavy atom. The predicted molar refractivity (Wildman–Crippen MR) is 102 cm³/mol. The van der Waals surface area contributed by atoms with Crippen molar-refractivity contribution < 1.29 is 9.53 Å². The van der Waals surface area contributed by atoms with Gasteiger partial charge in [0.1, 0.15) is 11.4 Å². The lowest BCUT2D eigenvalue weighted by molar-refractivity contribution is 0.0735. The number of halogens is 1. The van der Waals surface area contributed by atoms with Gasteiger partial charge < -0.3 is 9.30 Å². The summed E-state index contributed by atoms with van der Waals surface area (Å²) in [6, 6.07) is 10.2. The lowest BCUT2D eigenvalue weighted by Crippen LogP contribution is -2.23. The zero-order valence-corrected chi connectivity index (χ0v) is 15.6. The average molecular weight is 371 g/mol. The van der Waals surface area contributed by atoms with Crippen molar-refractivity contribution in [3.63, 3.8) is 0 Å². The summed E-state index contributed by atoms with van der Waals surface area (Å²) in [7, 11) is 0. The van der Waals surface area contributed by atoms with Gasteiger partial charge in [0.2, 0.25) is 0 Å². The zero-order chi connectivity index (χ0) is 18.8. The topological polar surface area (TPSA) is 61.2 Å². The van der Waals surface area contributed by atoms with E-state index >= 15 is 0 Å². The molecule has 0 bridgehead atoms. The van der Waals surface area contributed by atoms with Crippen LogP contribution in [0.25, 0.3) is 11.0 Å². The number of esters is 1. The third-order valence-corrected chi connectivity index (χ3v) is 4.64. The van der Waals surface area contributed by atoms with Gasteiger partial charge in [-0.1, -0.05) is 18.5 Å². The Morgan fingerprint density at radius 2 is 1.96 bits per heavy atom. The zero-order valence-electron chi connectivity index (χ0n) is 14.9. The van der Waals surface area contributed by atoms with Gasteiger partial charge in [0, 0.05) is 11.6 Å². The van der Waals surface area contributed by atoms with Gasteiger partial charge in [-0.05, 0) is 62.2 Å². The molecular formula is C20H19ClN2O3. The maximum atomic E-state index is 12.5. The van der Waals surface area contributed by atoms with Crippen molar-refractivity contribution in [1.82, 2.24) is 9.55 Å². The van der Waals surface area contributed by atoms with Crippen LogP contribution in [0.2, 0.25) is 5.02 Å². The number of aryl methyl sites for hydroxylation is 3. The van der Waals surface area contributed by atoms with E-state index in [1.807, 2.05) is 13.8 Å². The Balaban J connectivity index is 1.96. The van der Waals surface area contributed by atoms with Gasteiger partial charge in [-0.2, -0.15) is 0 Å². The standard InChI is InChI=1S/C20H19ClN2O3/c1-4-13-10-15(7-8-16(13)21)26-20(25)14-6-9-18-17(11-14)22-12(3)19(24)23(18)5-2/h6-11H,4-5H2,1-3H3. The summed E-state index contributed by atoms with van der Waals surface area (Å²) in [5, 5.41) is 0.648. The molecular weight excluding hydrogens is 352 g/mol. The predicted octanol–water partition coefficient (Wildman–Crippen LogP) is 4.16. The van der Waals surface area contributed by atoms with Gasteiger partial charge in [-0.15, -0.1) is 0 Å². The van der Waals surface area contributed by atoms with E-state index in [4.69, 9.17) is 16.3 Å². The van der Waals surface area contributed by atoms with Crippen molar-refractivity contribution in [2.45, 2.75) is 33.7 Å². The van der Waals surface area contributed by atoms with Crippen LogP contribution in [0.15, 0.2) is 41.2 Å². The van der Waals surface area contributed by atoms with Gasteiger partial charge in [-0.3, -0.25) is 4.79 Å². The Bertz CT molecular complexity index is 1060. The van der Waals surface area contributed by atoms with Gasteiger partial charge in [0.05, 0.1) is 16.6 Å². The molecule has 0 amide bonds. The summed E-state index contributed by atoms with van der Waals surface area (Å²) in [6.07, 6.45) is 0.748. The highest BCUT2D eigenvalue weighted by atomic mass is 35.5. The molecule has 5 nitrogen and oxygen atoms in total. The second-order valence-electron chi connectivity index (χ2n) is 5.95. The van der Waals surface area contributed by atoms with E-state index in [0.717, 1.165) is 12.0 Å². The number of aromatic nitrogens is 2. The van der Waals surface area contributed by atoms with Crippen molar-refractivity contribution >= 4 is 28.6 Å². The molecule has 1 heterocycles. The number of nitrogens with zero attached hydrogens (tertiary/aromatic N) is 2. The number of hydrogen-bond acceptors (Lipinski definition) is 4. The highest BCUT2D eigenvalue weighted by Gasteiger charge is 2.13. The van der Waals surface area contributed by atoms with E-state index in [1.165, 1.54) is 0 Å². The first kappa shape index (κ1) is 18.1. The van der Waals surface area contributed by atoms with E-state index in [2.05, 4.69) is 4.98 Å². The number of benzene rings is 2. The number of fused-ring (bicyclic) bond motifs is 1. The van der Waals surface area contributed by atoms with Crippen LogP contribution in [-0.4, -0.2) is 15.5 Å². The molecule has 0 aliphatic heterocycles. The quantitative estimate of drug-likeness (QED) is 0.511. The summed E-state index contributed by atoms with van der Waals surface area (Å²) < 4.78 is 7.10. The summed E-state index contributed by atoms with van der Waals surface area (Å²) in [6.45, 7) is 6.08. The molecule has 0 aliphatic rings. The molecule has 6 heteroatoms. The number of rotatable bonds is 4. The summed E-state index contributed by atoms with van der Waals surface area (Å²) in [4.78, 5) is 29.0. The first-order chi connectivity index (χ1) is 12.4. The van der Waals surface area contributed by atoms with Crippen LogP contribution in [-0.2, 0) is 13.0 Å². The number of carbonyl (C=O) groups is 1. The third-order valence-electron chi connectivity index (χ3n) is 4.27. The Morgan fingerprint density at radius 3 is 2.65 bits per heavy atom. The van der Waals surface area contributed by atoms with Gasteiger partial charge >= 0.3 is 5.97 Å². The maximum absolute atomic E-state index is 12.5. The van der Waals surface area contributed by atoms with Crippen LogP contribution in [0.5, 0.6) is 5.75 Å². The lowest BCUT2D eigenvalue weighted by atomic mass is 10.1. The normalized spacial score (nSPS) is 10.9. The molecule has 3 aromatic rings. The molecule has 0 spiro atoms. The molecule has 0 saturated carbocycles. The largest absolute Gasteiger partial charge is 0.423 e. The van der Waals surface area contributed by atoms with Crippen LogP contribution in [0.1, 0.15) is 35.5 Å². The van der Waals surface area contributed by atoms with E-state index in [1.54, 1.807) is 47.9 Å². The van der Waals surface area contributed by atoms with Crippen molar-refractivity contribution in [3.05, 3.63) is 68.6 Å². The van der Waals surface area contributed by atoms with Crippen molar-refractivity contribution in [1.29, 1.82) is 0 Å². The fraction of sp³-hybridized carbons (Fsp3) is 0.250. The molecule has 1 aromatic heterocycles. The van der Waals surface area contributed by atoms with Gasteiger partial charge in [-0.25, -0.2) is 9.78 Å². The van der Waals surface area contributed by atoms with Crippen LogP contribution in [0, 0.1) is 6.92 Å². The Labute approximate surface area is 156 Å². The molecule has 0 unspecified atom stereocenters. The van der Waals surface area contributed by atoms with Gasteiger partial charge in [0.25, 0.3) is 5.56 Å². The highest BCUT2D eigenvalue weighted by molar-refractivity contribution is 6.31. The monoisotopic (exact) mass is 370 g/mol. The molecule has 0 radical (unpaired) electrons. The third kappa shape index (κ3) is 3.35. The molecule has 3 rings (SSSR count). The van der Waals surface area contributed by atoms with Crippen molar-refractivity contribution in [3.8, 4) is 5.75 Å². The van der Waals surface area contributed by atoms with E-state index in [0.29, 0.717) is 39.6 Å². The molecule has 0 N–H and O–H groups in total. The SMILES string of the molecule is CCc1cc(OC(=O)c2ccc3c(c2)nc(C)c(=O)n3CC)ccc1Cl. The first-order valence-corrected chi connectivity index (χ1v) is 8.84. The van der Waals surface area contributed by atoms with Crippen LogP contribution in [0.4, 0.5) is 0 Å². The van der Waals surface area contributed by atoms with E-state index in [9.17, 15) is 9.59 Å². The number of hydrogen-bond donors (Lipinski definition) is 0. The van der Waals surface area contributed by atoms with Gasteiger partial charge in [0.15, 0.2) is 0 Å². The molecule has 26 heavy (non-hydrogen) atoms. The second-order valence-corrected chi connectivity index (χ2v) is 6.35. The van der Waals surface area contributed by atoms with Crippen molar-refractivity contribution in [2.24, 2.45) is 0 Å². The molecule has 2 aromatic carbocycles. The van der Waals surface area contributed by atoms with Crippen LogP contribution in [0.3, 0.4) is 0 Å². The van der Waals surface area contributed by atoms with Crippen LogP contribution >= 0.6 is 11.6 Å². The summed E-state index contributed by atoms with van der Waals surface area (Å²) in [5.41, 5.74) is 2.85. The first-order valence-electron chi connectivity index (χ1n) is 8.46. The maximum Gasteiger partial charge on any atom is 0.343 e. The summed E-state index contributed by atoms with van der Waals surface area (Å²) in [5.74, 6) is -0.0380.